The predicted octanol–water partition coefficient (Wildman–Crippen LogP) is 2.51. The maximum Gasteiger partial charge on any atom is 0.190 e. The van der Waals surface area contributed by atoms with Crippen LogP contribution in [0, 0.1) is 6.92 Å². The van der Waals surface area contributed by atoms with E-state index >= 15 is 0 Å². The van der Waals surface area contributed by atoms with Crippen LogP contribution < -0.4 is 10.6 Å². The fraction of sp³-hybridized carbons (Fsp3) is 0.750. The zero-order valence-corrected chi connectivity index (χ0v) is 14.5. The lowest BCUT2D eigenvalue weighted by Crippen LogP contribution is -2.39. The van der Waals surface area contributed by atoms with Crippen molar-refractivity contribution in [1.29, 1.82) is 0 Å². The molecular formula is C16H28N4OS. The molecule has 1 fully saturated rings. The highest BCUT2D eigenvalue weighted by atomic mass is 32.1. The maximum atomic E-state index is 5.85. The van der Waals surface area contributed by atoms with Crippen LogP contribution in [0.25, 0.3) is 0 Å². The van der Waals surface area contributed by atoms with Crippen LogP contribution in [0.4, 0.5) is 0 Å². The van der Waals surface area contributed by atoms with Crippen molar-refractivity contribution in [2.45, 2.75) is 51.6 Å². The van der Waals surface area contributed by atoms with Gasteiger partial charge in [-0.05, 0) is 26.2 Å². The average Bonchev–Trinajstić information content (AvgIpc) is 3.17. The van der Waals surface area contributed by atoms with Gasteiger partial charge in [0.25, 0.3) is 0 Å². The number of rotatable bonds is 8. The molecule has 5 nitrogen and oxygen atoms in total. The van der Waals surface area contributed by atoms with Crippen LogP contribution in [0.3, 0.4) is 0 Å². The van der Waals surface area contributed by atoms with Crippen molar-refractivity contribution in [2.24, 2.45) is 4.99 Å². The number of nitrogens with one attached hydrogen (secondary N) is 2. The van der Waals surface area contributed by atoms with E-state index in [0.717, 1.165) is 38.5 Å². The Balaban J connectivity index is 1.51. The first-order valence-electron chi connectivity index (χ1n) is 8.25. The van der Waals surface area contributed by atoms with Gasteiger partial charge < -0.3 is 15.4 Å². The molecule has 1 aromatic heterocycles. The van der Waals surface area contributed by atoms with Crippen molar-refractivity contribution >= 4 is 17.3 Å². The third-order valence-corrected chi connectivity index (χ3v) is 4.77. The molecule has 2 rings (SSSR count). The highest BCUT2D eigenvalue weighted by molar-refractivity contribution is 7.11. The number of aliphatic imine (C=N–C) groups is 1. The van der Waals surface area contributed by atoms with E-state index in [0.29, 0.717) is 6.10 Å². The van der Waals surface area contributed by atoms with Crippen molar-refractivity contribution in [3.63, 3.8) is 0 Å². The fourth-order valence-electron chi connectivity index (χ4n) is 2.61. The molecule has 1 aliphatic rings. The Morgan fingerprint density at radius 3 is 2.82 bits per heavy atom. The first-order valence-corrected chi connectivity index (χ1v) is 9.07. The molecule has 0 aromatic carbocycles. The van der Waals surface area contributed by atoms with Gasteiger partial charge in [0, 0.05) is 44.2 Å². The quantitative estimate of drug-likeness (QED) is 0.438. The molecule has 1 heterocycles. The smallest absolute Gasteiger partial charge is 0.190 e. The standard InChI is InChI=1S/C16H28N4OS/c1-13-12-20-15(22-13)8-10-19-16(17-2)18-9-5-11-21-14-6-3-4-7-14/h12,14H,3-11H2,1-2H3,(H2,17,18,19). The van der Waals surface area contributed by atoms with Crippen molar-refractivity contribution in [3.8, 4) is 0 Å². The van der Waals surface area contributed by atoms with Gasteiger partial charge >= 0.3 is 0 Å². The van der Waals surface area contributed by atoms with Gasteiger partial charge in [0.1, 0.15) is 0 Å². The second-order valence-corrected chi connectivity index (χ2v) is 6.99. The number of hydrogen-bond acceptors (Lipinski definition) is 4. The Labute approximate surface area is 137 Å². The zero-order chi connectivity index (χ0) is 15.6. The van der Waals surface area contributed by atoms with Crippen LogP contribution >= 0.6 is 11.3 Å². The molecule has 1 aromatic rings. The van der Waals surface area contributed by atoms with Gasteiger partial charge in [-0.2, -0.15) is 0 Å². The lowest BCUT2D eigenvalue weighted by atomic mass is 10.3. The Morgan fingerprint density at radius 1 is 1.36 bits per heavy atom. The molecule has 124 valence electrons. The molecule has 0 aliphatic heterocycles. The van der Waals surface area contributed by atoms with E-state index in [1.807, 2.05) is 6.20 Å². The van der Waals surface area contributed by atoms with Crippen LogP contribution in [0.15, 0.2) is 11.2 Å². The lowest BCUT2D eigenvalue weighted by molar-refractivity contribution is 0.0574. The average molecular weight is 324 g/mol. The summed E-state index contributed by atoms with van der Waals surface area (Å²) in [4.78, 5) is 9.86. The number of hydrogen-bond donors (Lipinski definition) is 2. The molecule has 0 bridgehead atoms. The van der Waals surface area contributed by atoms with Gasteiger partial charge in [-0.25, -0.2) is 4.98 Å². The number of thiazole rings is 1. The highest BCUT2D eigenvalue weighted by Crippen LogP contribution is 2.20. The van der Waals surface area contributed by atoms with E-state index < -0.39 is 0 Å². The summed E-state index contributed by atoms with van der Waals surface area (Å²) in [5, 5.41) is 7.82. The first kappa shape index (κ1) is 17.2. The first-order chi connectivity index (χ1) is 10.8. The van der Waals surface area contributed by atoms with Crippen molar-refractivity contribution in [1.82, 2.24) is 15.6 Å². The van der Waals surface area contributed by atoms with Crippen molar-refractivity contribution in [2.75, 3.05) is 26.7 Å². The molecule has 6 heteroatoms. The molecule has 1 saturated carbocycles. The second kappa shape index (κ2) is 9.79. The minimum Gasteiger partial charge on any atom is -0.378 e. The SMILES string of the molecule is CN=C(NCCCOC1CCCC1)NCCc1ncc(C)s1. The molecule has 1 aliphatic carbocycles. The van der Waals surface area contributed by atoms with Crippen LogP contribution in [0.1, 0.15) is 42.0 Å². The van der Waals surface area contributed by atoms with Crippen LogP contribution in [-0.4, -0.2) is 43.8 Å². The third kappa shape index (κ3) is 6.32. The van der Waals surface area contributed by atoms with E-state index in [1.165, 1.54) is 35.6 Å². The fourth-order valence-corrected chi connectivity index (χ4v) is 3.40. The van der Waals surface area contributed by atoms with E-state index in [-0.39, 0.29) is 0 Å². The van der Waals surface area contributed by atoms with E-state index in [4.69, 9.17) is 4.74 Å². The van der Waals surface area contributed by atoms with Crippen LogP contribution in [-0.2, 0) is 11.2 Å². The van der Waals surface area contributed by atoms with Gasteiger partial charge in [-0.1, -0.05) is 12.8 Å². The largest absolute Gasteiger partial charge is 0.378 e. The number of aryl methyl sites for hydroxylation is 1. The molecule has 0 amide bonds. The molecular weight excluding hydrogens is 296 g/mol. The van der Waals surface area contributed by atoms with Crippen molar-refractivity contribution < 1.29 is 4.74 Å². The minimum atomic E-state index is 0.513. The summed E-state index contributed by atoms with van der Waals surface area (Å²) < 4.78 is 5.85. The number of nitrogens with zero attached hydrogens (tertiary/aromatic N) is 2. The number of guanidine groups is 1. The van der Waals surface area contributed by atoms with E-state index in [9.17, 15) is 0 Å². The molecule has 22 heavy (non-hydrogen) atoms. The second-order valence-electron chi connectivity index (χ2n) is 5.67. The summed E-state index contributed by atoms with van der Waals surface area (Å²) in [7, 11) is 1.80. The summed E-state index contributed by atoms with van der Waals surface area (Å²) >= 11 is 1.76. The van der Waals surface area contributed by atoms with E-state index in [2.05, 4.69) is 27.5 Å². The van der Waals surface area contributed by atoms with Gasteiger partial charge in [0.15, 0.2) is 5.96 Å². The summed E-state index contributed by atoms with van der Waals surface area (Å²) in [6.07, 6.45) is 9.54. The minimum absolute atomic E-state index is 0.513. The van der Waals surface area contributed by atoms with Crippen LogP contribution in [0.5, 0.6) is 0 Å². The Hall–Kier alpha value is -1.14. The summed E-state index contributed by atoms with van der Waals surface area (Å²) in [6, 6.07) is 0. The van der Waals surface area contributed by atoms with Crippen LogP contribution in [0.2, 0.25) is 0 Å². The lowest BCUT2D eigenvalue weighted by Gasteiger charge is -2.13. The predicted molar refractivity (Wildman–Crippen MR) is 92.7 cm³/mol. The molecule has 0 spiro atoms. The number of ether oxygens (including phenoxy) is 1. The highest BCUT2D eigenvalue weighted by Gasteiger charge is 2.14. The zero-order valence-electron chi connectivity index (χ0n) is 13.7. The van der Waals surface area contributed by atoms with E-state index in [1.54, 1.807) is 18.4 Å². The summed E-state index contributed by atoms with van der Waals surface area (Å²) in [5.74, 6) is 0.856. The Morgan fingerprint density at radius 2 is 2.14 bits per heavy atom. The summed E-state index contributed by atoms with van der Waals surface area (Å²) in [5.41, 5.74) is 0. The summed E-state index contributed by atoms with van der Waals surface area (Å²) in [6.45, 7) is 4.67. The molecule has 0 unspecified atom stereocenters. The van der Waals surface area contributed by atoms with Gasteiger partial charge in [0.2, 0.25) is 0 Å². The van der Waals surface area contributed by atoms with Gasteiger partial charge in [0.05, 0.1) is 11.1 Å². The normalized spacial score (nSPS) is 16.2. The van der Waals surface area contributed by atoms with Crippen molar-refractivity contribution in [3.05, 3.63) is 16.1 Å². The maximum absolute atomic E-state index is 5.85. The topological polar surface area (TPSA) is 58.5 Å². The molecule has 0 radical (unpaired) electrons. The molecule has 0 saturated heterocycles. The Kier molecular flexibility index (Phi) is 7.66. The van der Waals surface area contributed by atoms with Gasteiger partial charge in [-0.3, -0.25) is 4.99 Å². The monoisotopic (exact) mass is 324 g/mol. The Bertz CT molecular complexity index is 455. The molecule has 0 atom stereocenters. The number of aromatic nitrogens is 1. The van der Waals surface area contributed by atoms with Gasteiger partial charge in [-0.15, -0.1) is 11.3 Å². The third-order valence-electron chi connectivity index (χ3n) is 3.79. The molecule has 2 N–H and O–H groups in total.